The van der Waals surface area contributed by atoms with Gasteiger partial charge in [-0.15, -0.1) is 0 Å². The lowest BCUT2D eigenvalue weighted by Crippen LogP contribution is -2.42. The van der Waals surface area contributed by atoms with Crippen LogP contribution in [0.25, 0.3) is 10.4 Å². The average Bonchev–Trinajstić information content (AvgIpc) is 2.30. The van der Waals surface area contributed by atoms with Crippen molar-refractivity contribution in [1.29, 1.82) is 10.5 Å². The van der Waals surface area contributed by atoms with Crippen molar-refractivity contribution >= 4 is 0 Å². The van der Waals surface area contributed by atoms with Crippen molar-refractivity contribution in [3.63, 3.8) is 0 Å². The summed E-state index contributed by atoms with van der Waals surface area (Å²) >= 11 is 0. The van der Waals surface area contributed by atoms with E-state index < -0.39 is 11.6 Å². The van der Waals surface area contributed by atoms with Crippen molar-refractivity contribution < 1.29 is 9.47 Å². The highest BCUT2D eigenvalue weighted by molar-refractivity contribution is 5.23. The van der Waals surface area contributed by atoms with Gasteiger partial charge in [0.05, 0.1) is 6.04 Å². The van der Waals surface area contributed by atoms with Gasteiger partial charge in [0.15, 0.2) is 0 Å². The second-order valence-electron chi connectivity index (χ2n) is 3.86. The molecule has 0 aliphatic carbocycles. The molecule has 0 amide bonds. The minimum atomic E-state index is -1.80. The number of azide groups is 1. The van der Waals surface area contributed by atoms with Gasteiger partial charge < -0.3 is 9.47 Å². The molecule has 0 aliphatic heterocycles. The Morgan fingerprint density at radius 3 is 2.35 bits per heavy atom. The van der Waals surface area contributed by atoms with E-state index in [1.807, 2.05) is 13.8 Å². The number of methoxy groups -OCH3 is 1. The Kier molecular flexibility index (Phi) is 6.69. The fraction of sp³-hybridized carbons (Fsp3) is 0.800. The van der Waals surface area contributed by atoms with Crippen LogP contribution in [0.5, 0.6) is 0 Å². The van der Waals surface area contributed by atoms with E-state index in [1.54, 1.807) is 12.1 Å². The second kappa shape index (κ2) is 7.48. The molecule has 0 fully saturated rings. The van der Waals surface area contributed by atoms with Crippen molar-refractivity contribution in [3.05, 3.63) is 10.4 Å². The van der Waals surface area contributed by atoms with Gasteiger partial charge in [0, 0.05) is 12.0 Å². The summed E-state index contributed by atoms with van der Waals surface area (Å²) in [5.74, 6) is 0.165. The lowest BCUT2D eigenvalue weighted by atomic mass is 9.90. The van der Waals surface area contributed by atoms with Crippen LogP contribution in [0, 0.1) is 28.6 Å². The monoisotopic (exact) mass is 237 g/mol. The molecule has 1 unspecified atom stereocenters. The van der Waals surface area contributed by atoms with E-state index in [1.165, 1.54) is 7.11 Å². The molecule has 0 aliphatic rings. The first-order chi connectivity index (χ1) is 8.06. The Morgan fingerprint density at radius 2 is 2.00 bits per heavy atom. The fourth-order valence-corrected chi connectivity index (χ4v) is 1.29. The Bertz CT molecular complexity index is 348. The molecule has 0 aromatic heterocycles. The number of ether oxygens (including phenoxy) is 2. The summed E-state index contributed by atoms with van der Waals surface area (Å²) in [5.41, 5.74) is 6.68. The maximum Gasteiger partial charge on any atom is 0.251 e. The molecule has 0 saturated carbocycles. The molecule has 0 bridgehead atoms. The predicted octanol–water partition coefficient (Wildman–Crippen LogP) is 2.12. The van der Waals surface area contributed by atoms with Crippen LogP contribution in [0.3, 0.4) is 0 Å². The van der Waals surface area contributed by atoms with Crippen LogP contribution in [-0.2, 0) is 9.47 Å². The number of nitriles is 2. The molecule has 0 rings (SSSR count). The van der Waals surface area contributed by atoms with Crippen molar-refractivity contribution in [3.8, 4) is 12.1 Å². The van der Waals surface area contributed by atoms with Crippen molar-refractivity contribution in [2.45, 2.75) is 31.9 Å². The van der Waals surface area contributed by atoms with E-state index in [4.69, 9.17) is 20.8 Å². The average molecular weight is 237 g/mol. The van der Waals surface area contributed by atoms with Crippen LogP contribution in [0.4, 0.5) is 0 Å². The van der Waals surface area contributed by atoms with Crippen LogP contribution >= 0.6 is 0 Å². The number of hydrogen-bond acceptors (Lipinski definition) is 5. The quantitative estimate of drug-likeness (QED) is 0.292. The molecule has 7 nitrogen and oxygen atoms in total. The third kappa shape index (κ3) is 4.29. The van der Waals surface area contributed by atoms with E-state index in [-0.39, 0.29) is 12.7 Å². The summed E-state index contributed by atoms with van der Waals surface area (Å²) in [4.78, 5) is 2.66. The van der Waals surface area contributed by atoms with Gasteiger partial charge in [-0.05, 0) is 17.9 Å². The first kappa shape index (κ1) is 15.2. The zero-order valence-electron chi connectivity index (χ0n) is 10.1. The minimum absolute atomic E-state index is 0.165. The summed E-state index contributed by atoms with van der Waals surface area (Å²) in [5, 5.41) is 21.6. The SMILES string of the molecule is COCOC(C#N)(C#N)C(CC(C)C)N=[N+]=[N-]. The molecule has 17 heavy (non-hydrogen) atoms. The van der Waals surface area contributed by atoms with Gasteiger partial charge in [-0.1, -0.05) is 19.0 Å². The normalized spacial score (nSPS) is 12.4. The fourth-order valence-electron chi connectivity index (χ4n) is 1.29. The maximum atomic E-state index is 9.08. The first-order valence-corrected chi connectivity index (χ1v) is 5.06. The molecule has 0 aromatic carbocycles. The summed E-state index contributed by atoms with van der Waals surface area (Å²) in [6.07, 6.45) is 0.384. The maximum absolute atomic E-state index is 9.08. The van der Waals surface area contributed by atoms with Crippen LogP contribution in [0.1, 0.15) is 20.3 Å². The van der Waals surface area contributed by atoms with E-state index in [0.29, 0.717) is 6.42 Å². The zero-order chi connectivity index (χ0) is 13.3. The minimum Gasteiger partial charge on any atom is -0.359 e. The zero-order valence-corrected chi connectivity index (χ0v) is 10.1. The smallest absolute Gasteiger partial charge is 0.251 e. The molecule has 0 spiro atoms. The van der Waals surface area contributed by atoms with E-state index in [9.17, 15) is 0 Å². The number of rotatable bonds is 7. The van der Waals surface area contributed by atoms with Crippen LogP contribution < -0.4 is 0 Å². The molecule has 1 atom stereocenters. The van der Waals surface area contributed by atoms with Crippen molar-refractivity contribution in [1.82, 2.24) is 0 Å². The third-order valence-corrected chi connectivity index (χ3v) is 2.09. The molecule has 7 heteroatoms. The highest BCUT2D eigenvalue weighted by Crippen LogP contribution is 2.24. The van der Waals surface area contributed by atoms with Gasteiger partial charge in [-0.2, -0.15) is 10.5 Å². The van der Waals surface area contributed by atoms with Gasteiger partial charge in [0.2, 0.25) is 0 Å². The molecule has 0 saturated heterocycles. The lowest BCUT2D eigenvalue weighted by molar-refractivity contribution is -0.0909. The molecule has 92 valence electrons. The second-order valence-corrected chi connectivity index (χ2v) is 3.86. The third-order valence-electron chi connectivity index (χ3n) is 2.09. The van der Waals surface area contributed by atoms with E-state index >= 15 is 0 Å². The highest BCUT2D eigenvalue weighted by atomic mass is 16.7. The Labute approximate surface area is 100 Å². The van der Waals surface area contributed by atoms with Gasteiger partial charge in [-0.3, -0.25) is 0 Å². The summed E-state index contributed by atoms with van der Waals surface area (Å²) in [6, 6.07) is 2.66. The van der Waals surface area contributed by atoms with Crippen LogP contribution in [0.15, 0.2) is 5.11 Å². The Morgan fingerprint density at radius 1 is 1.41 bits per heavy atom. The molecule has 0 N–H and O–H groups in total. The van der Waals surface area contributed by atoms with Crippen LogP contribution in [0.2, 0.25) is 0 Å². The Hall–Kier alpha value is -1.79. The molecular formula is C10H15N5O2. The summed E-state index contributed by atoms with van der Waals surface area (Å²) < 4.78 is 9.76. The standard InChI is InChI=1S/C10H15N5O2/c1-8(2)4-9(14-15-13)10(5-11,6-12)17-7-16-3/h8-9H,4,7H2,1-3H3. The van der Waals surface area contributed by atoms with Crippen molar-refractivity contribution in [2.24, 2.45) is 11.0 Å². The molecular weight excluding hydrogens is 222 g/mol. The largest absolute Gasteiger partial charge is 0.359 e. The van der Waals surface area contributed by atoms with E-state index in [2.05, 4.69) is 14.8 Å². The molecule has 0 radical (unpaired) electrons. The molecule has 0 heterocycles. The van der Waals surface area contributed by atoms with E-state index in [0.717, 1.165) is 0 Å². The first-order valence-electron chi connectivity index (χ1n) is 5.06. The highest BCUT2D eigenvalue weighted by Gasteiger charge is 2.41. The van der Waals surface area contributed by atoms with Crippen molar-refractivity contribution in [2.75, 3.05) is 13.9 Å². The lowest BCUT2D eigenvalue weighted by Gasteiger charge is -2.26. The number of nitrogens with zero attached hydrogens (tertiary/aromatic N) is 5. The van der Waals surface area contributed by atoms with Gasteiger partial charge >= 0.3 is 0 Å². The molecule has 0 aromatic rings. The van der Waals surface area contributed by atoms with Crippen LogP contribution in [-0.4, -0.2) is 25.5 Å². The topological polar surface area (TPSA) is 115 Å². The number of hydrogen-bond donors (Lipinski definition) is 0. The predicted molar refractivity (Wildman–Crippen MR) is 59.3 cm³/mol. The van der Waals surface area contributed by atoms with Gasteiger partial charge in [-0.25, -0.2) is 0 Å². The van der Waals surface area contributed by atoms with Gasteiger partial charge in [0.1, 0.15) is 18.9 Å². The Balaban J connectivity index is 5.16. The van der Waals surface area contributed by atoms with Gasteiger partial charge in [0.25, 0.3) is 5.60 Å². The summed E-state index contributed by atoms with van der Waals surface area (Å²) in [7, 11) is 1.38. The summed E-state index contributed by atoms with van der Waals surface area (Å²) in [6.45, 7) is 3.59.